The molecule has 0 radical (unpaired) electrons. The number of aryl methyl sites for hydroxylation is 3. The molecule has 3 rings (SSSR count). The molecule has 0 saturated carbocycles. The number of amides is 2. The average molecular weight is 383 g/mol. The summed E-state index contributed by atoms with van der Waals surface area (Å²) in [4.78, 5) is 28.6. The second-order valence-electron chi connectivity index (χ2n) is 6.17. The second-order valence-corrected chi connectivity index (χ2v) is 7.02. The molecule has 2 amide bonds. The van der Waals surface area contributed by atoms with Crippen LogP contribution in [0.5, 0.6) is 0 Å². The number of nitrogens with one attached hydrogen (secondary N) is 2. The first-order valence-electron chi connectivity index (χ1n) is 8.24. The maximum absolute atomic E-state index is 14.4. The third kappa shape index (κ3) is 4.03. The van der Waals surface area contributed by atoms with Crippen LogP contribution in [0.4, 0.5) is 4.39 Å². The van der Waals surface area contributed by atoms with Crippen molar-refractivity contribution in [3.8, 4) is 11.1 Å². The first kappa shape index (κ1) is 18.7. The van der Waals surface area contributed by atoms with Crippen molar-refractivity contribution in [1.82, 2.24) is 15.8 Å². The first-order valence-corrected chi connectivity index (χ1v) is 9.12. The number of benzene rings is 2. The molecule has 7 heteroatoms. The van der Waals surface area contributed by atoms with Gasteiger partial charge in [-0.2, -0.15) is 0 Å². The van der Waals surface area contributed by atoms with Crippen LogP contribution in [0.25, 0.3) is 11.1 Å². The molecule has 0 aliphatic carbocycles. The van der Waals surface area contributed by atoms with E-state index in [0.29, 0.717) is 16.1 Å². The van der Waals surface area contributed by atoms with Crippen LogP contribution >= 0.6 is 11.3 Å². The molecule has 1 heterocycles. The molecular formula is C20H18FN3O2S. The van der Waals surface area contributed by atoms with Crippen LogP contribution in [0.2, 0.25) is 0 Å². The lowest BCUT2D eigenvalue weighted by Crippen LogP contribution is -2.41. The van der Waals surface area contributed by atoms with Gasteiger partial charge in [-0.15, -0.1) is 11.3 Å². The minimum atomic E-state index is -0.727. The van der Waals surface area contributed by atoms with E-state index < -0.39 is 17.6 Å². The van der Waals surface area contributed by atoms with Gasteiger partial charge in [-0.05, 0) is 55.2 Å². The third-order valence-corrected chi connectivity index (χ3v) is 5.22. The van der Waals surface area contributed by atoms with Crippen LogP contribution in [0.3, 0.4) is 0 Å². The normalized spacial score (nSPS) is 10.5. The van der Waals surface area contributed by atoms with Crippen LogP contribution in [-0.4, -0.2) is 16.8 Å². The summed E-state index contributed by atoms with van der Waals surface area (Å²) >= 11 is 1.16. The number of hydrazine groups is 1. The summed E-state index contributed by atoms with van der Waals surface area (Å²) in [6.45, 7) is 5.69. The van der Waals surface area contributed by atoms with E-state index in [1.54, 1.807) is 13.0 Å². The van der Waals surface area contributed by atoms with E-state index in [4.69, 9.17) is 0 Å². The lowest BCUT2D eigenvalue weighted by Gasteiger charge is -2.10. The molecule has 1 aromatic heterocycles. The van der Waals surface area contributed by atoms with E-state index in [9.17, 15) is 14.0 Å². The topological polar surface area (TPSA) is 71.1 Å². The van der Waals surface area contributed by atoms with E-state index in [1.807, 2.05) is 32.0 Å². The molecule has 0 aliphatic rings. The Morgan fingerprint density at radius 1 is 0.926 bits per heavy atom. The van der Waals surface area contributed by atoms with Crippen molar-refractivity contribution < 1.29 is 14.0 Å². The Balaban J connectivity index is 1.73. The Bertz CT molecular complexity index is 1030. The SMILES string of the molecule is Cc1ccc(-c2ccc(C(=O)NNC(=O)c3scnc3C)c(F)c2)cc1C. The molecule has 0 aliphatic heterocycles. The van der Waals surface area contributed by atoms with Gasteiger partial charge in [0.05, 0.1) is 16.8 Å². The van der Waals surface area contributed by atoms with Gasteiger partial charge in [0.2, 0.25) is 0 Å². The number of nitrogens with zero attached hydrogens (tertiary/aromatic N) is 1. The molecule has 0 unspecified atom stereocenters. The molecule has 0 fully saturated rings. The number of halogens is 1. The minimum Gasteiger partial charge on any atom is -0.267 e. The second kappa shape index (κ2) is 7.67. The van der Waals surface area contributed by atoms with Gasteiger partial charge in [-0.25, -0.2) is 9.37 Å². The van der Waals surface area contributed by atoms with Gasteiger partial charge in [0, 0.05) is 0 Å². The molecular weight excluding hydrogens is 365 g/mol. The van der Waals surface area contributed by atoms with E-state index in [0.717, 1.165) is 28.0 Å². The first-order chi connectivity index (χ1) is 12.9. The predicted octanol–water partition coefficient (Wildman–Crippen LogP) is 3.95. The van der Waals surface area contributed by atoms with Crippen molar-refractivity contribution in [2.45, 2.75) is 20.8 Å². The quantitative estimate of drug-likeness (QED) is 0.673. The molecule has 2 aromatic carbocycles. The third-order valence-electron chi connectivity index (χ3n) is 4.30. The largest absolute Gasteiger partial charge is 0.281 e. The van der Waals surface area contributed by atoms with Crippen LogP contribution < -0.4 is 10.9 Å². The van der Waals surface area contributed by atoms with Crippen molar-refractivity contribution in [3.05, 3.63) is 75.0 Å². The fourth-order valence-corrected chi connectivity index (χ4v) is 3.25. The van der Waals surface area contributed by atoms with E-state index in [2.05, 4.69) is 15.8 Å². The standard InChI is InChI=1S/C20H18FN3O2S/c1-11-4-5-14(8-12(11)2)15-6-7-16(17(21)9-15)19(25)23-24-20(26)18-13(3)22-10-27-18/h4-10H,1-3H3,(H,23,25)(H,24,26). The highest BCUT2D eigenvalue weighted by atomic mass is 32.1. The maximum Gasteiger partial charge on any atom is 0.281 e. The Labute approximate surface area is 160 Å². The van der Waals surface area contributed by atoms with Gasteiger partial charge in [-0.3, -0.25) is 20.4 Å². The Morgan fingerprint density at radius 3 is 2.22 bits per heavy atom. The smallest absolute Gasteiger partial charge is 0.267 e. The van der Waals surface area contributed by atoms with E-state index in [-0.39, 0.29) is 5.56 Å². The highest BCUT2D eigenvalue weighted by molar-refractivity contribution is 7.11. The lowest BCUT2D eigenvalue weighted by molar-refractivity contribution is 0.0846. The highest BCUT2D eigenvalue weighted by Crippen LogP contribution is 2.24. The summed E-state index contributed by atoms with van der Waals surface area (Å²) in [5.41, 5.74) is 10.3. The summed E-state index contributed by atoms with van der Waals surface area (Å²) in [6, 6.07) is 10.3. The zero-order chi connectivity index (χ0) is 19.6. The number of rotatable bonds is 3. The van der Waals surface area contributed by atoms with E-state index >= 15 is 0 Å². The van der Waals surface area contributed by atoms with Crippen LogP contribution in [0, 0.1) is 26.6 Å². The van der Waals surface area contributed by atoms with Crippen LogP contribution in [0.1, 0.15) is 36.9 Å². The van der Waals surface area contributed by atoms with Crippen molar-refractivity contribution in [1.29, 1.82) is 0 Å². The van der Waals surface area contributed by atoms with Gasteiger partial charge < -0.3 is 0 Å². The number of hydrogen-bond acceptors (Lipinski definition) is 4. The number of thiazole rings is 1. The molecule has 27 heavy (non-hydrogen) atoms. The van der Waals surface area contributed by atoms with Gasteiger partial charge >= 0.3 is 0 Å². The monoisotopic (exact) mass is 383 g/mol. The molecule has 0 spiro atoms. The molecule has 0 saturated heterocycles. The zero-order valence-corrected chi connectivity index (χ0v) is 15.9. The lowest BCUT2D eigenvalue weighted by atomic mass is 9.99. The zero-order valence-electron chi connectivity index (χ0n) is 15.1. The van der Waals surface area contributed by atoms with Crippen LogP contribution in [0.15, 0.2) is 41.9 Å². The Hall–Kier alpha value is -3.06. The molecule has 5 nitrogen and oxygen atoms in total. The number of hydrogen-bond donors (Lipinski definition) is 2. The van der Waals surface area contributed by atoms with Crippen molar-refractivity contribution in [2.75, 3.05) is 0 Å². The molecule has 2 N–H and O–H groups in total. The van der Waals surface area contributed by atoms with Gasteiger partial charge in [0.15, 0.2) is 0 Å². The molecule has 0 bridgehead atoms. The number of carbonyl (C=O) groups is 2. The van der Waals surface area contributed by atoms with Crippen molar-refractivity contribution in [3.63, 3.8) is 0 Å². The average Bonchev–Trinajstić information content (AvgIpc) is 3.07. The number of carbonyl (C=O) groups excluding carboxylic acids is 2. The highest BCUT2D eigenvalue weighted by Gasteiger charge is 2.16. The maximum atomic E-state index is 14.4. The van der Waals surface area contributed by atoms with Crippen molar-refractivity contribution in [2.24, 2.45) is 0 Å². The van der Waals surface area contributed by atoms with Gasteiger partial charge in [0.25, 0.3) is 11.8 Å². The van der Waals surface area contributed by atoms with E-state index in [1.165, 1.54) is 17.6 Å². The fraction of sp³-hybridized carbons (Fsp3) is 0.150. The molecule has 0 atom stereocenters. The van der Waals surface area contributed by atoms with Gasteiger partial charge in [-0.1, -0.05) is 24.3 Å². The summed E-state index contributed by atoms with van der Waals surface area (Å²) in [6.07, 6.45) is 0. The predicted molar refractivity (Wildman–Crippen MR) is 103 cm³/mol. The Kier molecular flexibility index (Phi) is 5.32. The minimum absolute atomic E-state index is 0.149. The number of aromatic nitrogens is 1. The Morgan fingerprint density at radius 2 is 1.59 bits per heavy atom. The summed E-state index contributed by atoms with van der Waals surface area (Å²) < 4.78 is 14.4. The summed E-state index contributed by atoms with van der Waals surface area (Å²) in [5.74, 6) is -1.88. The van der Waals surface area contributed by atoms with Crippen LogP contribution in [-0.2, 0) is 0 Å². The summed E-state index contributed by atoms with van der Waals surface area (Å²) in [5, 5.41) is 0. The molecule has 138 valence electrons. The summed E-state index contributed by atoms with van der Waals surface area (Å²) in [7, 11) is 0. The fourth-order valence-electron chi connectivity index (χ4n) is 2.56. The van der Waals surface area contributed by atoms with Gasteiger partial charge in [0.1, 0.15) is 10.7 Å². The van der Waals surface area contributed by atoms with Crippen molar-refractivity contribution >= 4 is 23.2 Å². The molecule has 3 aromatic rings.